The zero-order valence-electron chi connectivity index (χ0n) is 15.5. The number of methoxy groups -OCH3 is 1. The summed E-state index contributed by atoms with van der Waals surface area (Å²) in [7, 11) is 1.60. The highest BCUT2D eigenvalue weighted by Gasteiger charge is 2.15. The van der Waals surface area contributed by atoms with Gasteiger partial charge in [0.2, 0.25) is 11.7 Å². The van der Waals surface area contributed by atoms with Crippen LogP contribution < -0.4 is 10.1 Å². The van der Waals surface area contributed by atoms with Gasteiger partial charge < -0.3 is 19.0 Å². The van der Waals surface area contributed by atoms with Gasteiger partial charge in [-0.05, 0) is 47.8 Å². The second-order valence-electron chi connectivity index (χ2n) is 5.94. The highest BCUT2D eigenvalue weighted by Crippen LogP contribution is 2.27. The number of benzene rings is 1. The lowest BCUT2D eigenvalue weighted by atomic mass is 10.3. The standard InChI is InChI=1S/C20H17N3O4S2/c1-25-14-6-4-13(5-7-14)21-18(24)12-28-11-15-8-9-16(26-15)20-22-19(23-27-20)17-3-2-10-29-17/h2-10H,11-12H2,1H3,(H,21,24). The summed E-state index contributed by atoms with van der Waals surface area (Å²) in [6.45, 7) is 0. The second-order valence-corrected chi connectivity index (χ2v) is 7.87. The summed E-state index contributed by atoms with van der Waals surface area (Å²) < 4.78 is 16.2. The van der Waals surface area contributed by atoms with Gasteiger partial charge in [0.1, 0.15) is 11.5 Å². The fourth-order valence-corrected chi connectivity index (χ4v) is 3.88. The highest BCUT2D eigenvalue weighted by atomic mass is 32.2. The Kier molecular flexibility index (Phi) is 5.97. The first-order chi connectivity index (χ1) is 14.2. The van der Waals surface area contributed by atoms with E-state index in [9.17, 15) is 4.79 Å². The van der Waals surface area contributed by atoms with Gasteiger partial charge in [-0.2, -0.15) is 4.98 Å². The van der Waals surface area contributed by atoms with E-state index in [0.717, 1.165) is 22.1 Å². The van der Waals surface area contributed by atoms with E-state index in [1.165, 1.54) is 11.8 Å². The van der Waals surface area contributed by atoms with Crippen molar-refractivity contribution in [1.29, 1.82) is 0 Å². The third-order valence-corrected chi connectivity index (χ3v) is 5.71. The minimum Gasteiger partial charge on any atom is -0.497 e. The number of ether oxygens (including phenoxy) is 1. The molecule has 0 bridgehead atoms. The smallest absolute Gasteiger partial charge is 0.293 e. The topological polar surface area (TPSA) is 90.4 Å². The summed E-state index contributed by atoms with van der Waals surface area (Å²) in [6.07, 6.45) is 0. The van der Waals surface area contributed by atoms with Crippen molar-refractivity contribution in [3.8, 4) is 28.1 Å². The van der Waals surface area contributed by atoms with Gasteiger partial charge in [0.15, 0.2) is 5.76 Å². The molecule has 1 amide bonds. The van der Waals surface area contributed by atoms with Crippen LogP contribution in [-0.2, 0) is 10.5 Å². The molecule has 0 fully saturated rings. The number of nitrogens with one attached hydrogen (secondary N) is 1. The van der Waals surface area contributed by atoms with Gasteiger partial charge in [0.25, 0.3) is 5.89 Å². The van der Waals surface area contributed by atoms with Crippen molar-refractivity contribution in [2.75, 3.05) is 18.2 Å². The normalized spacial score (nSPS) is 10.8. The van der Waals surface area contributed by atoms with Crippen LogP contribution in [0.3, 0.4) is 0 Å². The van der Waals surface area contributed by atoms with E-state index < -0.39 is 0 Å². The lowest BCUT2D eigenvalue weighted by Crippen LogP contribution is -2.14. The molecule has 29 heavy (non-hydrogen) atoms. The largest absolute Gasteiger partial charge is 0.497 e. The van der Waals surface area contributed by atoms with Crippen molar-refractivity contribution < 1.29 is 18.5 Å². The van der Waals surface area contributed by atoms with Crippen molar-refractivity contribution in [2.45, 2.75) is 5.75 Å². The summed E-state index contributed by atoms with van der Waals surface area (Å²) in [5.74, 6) is 3.66. The summed E-state index contributed by atoms with van der Waals surface area (Å²) >= 11 is 3.00. The van der Waals surface area contributed by atoms with Crippen LogP contribution in [0.25, 0.3) is 22.4 Å². The molecule has 0 spiro atoms. The Hall–Kier alpha value is -3.04. The third-order valence-electron chi connectivity index (χ3n) is 3.89. The SMILES string of the molecule is COc1ccc(NC(=O)CSCc2ccc(-c3nc(-c4cccs4)no3)o2)cc1. The van der Waals surface area contributed by atoms with Gasteiger partial charge >= 0.3 is 0 Å². The number of carbonyl (C=O) groups excluding carboxylic acids is 1. The molecule has 0 saturated heterocycles. The van der Waals surface area contributed by atoms with Crippen LogP contribution >= 0.6 is 23.1 Å². The highest BCUT2D eigenvalue weighted by molar-refractivity contribution is 7.99. The molecule has 1 N–H and O–H groups in total. The first-order valence-electron chi connectivity index (χ1n) is 8.69. The number of nitrogens with zero attached hydrogens (tertiary/aromatic N) is 2. The molecule has 4 aromatic rings. The molecule has 148 valence electrons. The van der Waals surface area contributed by atoms with Crippen LogP contribution in [0, 0.1) is 0 Å². The Balaban J connectivity index is 1.27. The molecule has 0 unspecified atom stereocenters. The molecule has 0 aliphatic rings. The van der Waals surface area contributed by atoms with Crippen molar-refractivity contribution in [3.63, 3.8) is 0 Å². The maximum atomic E-state index is 12.1. The van der Waals surface area contributed by atoms with Gasteiger partial charge in [-0.25, -0.2) is 0 Å². The number of amides is 1. The van der Waals surface area contributed by atoms with Gasteiger partial charge in [-0.3, -0.25) is 4.79 Å². The molecular formula is C20H17N3O4S2. The maximum absolute atomic E-state index is 12.1. The van der Waals surface area contributed by atoms with Crippen molar-refractivity contribution >= 4 is 34.7 Å². The zero-order valence-corrected chi connectivity index (χ0v) is 17.1. The summed E-state index contributed by atoms with van der Waals surface area (Å²) in [5, 5.41) is 8.78. The Morgan fingerprint density at radius 3 is 2.83 bits per heavy atom. The van der Waals surface area contributed by atoms with E-state index in [0.29, 0.717) is 29.0 Å². The molecule has 3 heterocycles. The number of carbonyl (C=O) groups is 1. The maximum Gasteiger partial charge on any atom is 0.293 e. The van der Waals surface area contributed by atoms with Crippen molar-refractivity contribution in [2.24, 2.45) is 0 Å². The predicted molar refractivity (Wildman–Crippen MR) is 113 cm³/mol. The average Bonchev–Trinajstić information content (AvgIpc) is 3.49. The van der Waals surface area contributed by atoms with Gasteiger partial charge in [-0.1, -0.05) is 11.2 Å². The summed E-state index contributed by atoms with van der Waals surface area (Å²) in [6, 6.07) is 14.7. The number of hydrogen-bond donors (Lipinski definition) is 1. The lowest BCUT2D eigenvalue weighted by molar-refractivity contribution is -0.113. The first-order valence-corrected chi connectivity index (χ1v) is 10.7. The Morgan fingerprint density at radius 2 is 2.07 bits per heavy atom. The average molecular weight is 428 g/mol. The number of rotatable bonds is 8. The molecule has 0 saturated carbocycles. The summed E-state index contributed by atoms with van der Waals surface area (Å²) in [5.41, 5.74) is 0.731. The molecule has 9 heteroatoms. The minimum atomic E-state index is -0.0792. The van der Waals surface area contributed by atoms with Crippen LogP contribution in [0.2, 0.25) is 0 Å². The Morgan fingerprint density at radius 1 is 1.21 bits per heavy atom. The molecular weight excluding hydrogens is 410 g/mol. The molecule has 0 aliphatic heterocycles. The van der Waals surface area contributed by atoms with Gasteiger partial charge in [0, 0.05) is 5.69 Å². The lowest BCUT2D eigenvalue weighted by Gasteiger charge is -2.05. The Labute approximate surface area is 175 Å². The monoisotopic (exact) mass is 427 g/mol. The molecule has 0 atom stereocenters. The molecule has 4 rings (SSSR count). The van der Waals surface area contributed by atoms with Crippen LogP contribution in [0.4, 0.5) is 5.69 Å². The van der Waals surface area contributed by atoms with Crippen LogP contribution in [0.1, 0.15) is 5.76 Å². The number of aromatic nitrogens is 2. The van der Waals surface area contributed by atoms with Gasteiger partial charge in [-0.15, -0.1) is 23.1 Å². The van der Waals surface area contributed by atoms with Crippen molar-refractivity contribution in [3.05, 3.63) is 59.7 Å². The third kappa shape index (κ3) is 4.87. The number of anilines is 1. The molecule has 3 aromatic heterocycles. The van der Waals surface area contributed by atoms with E-state index in [1.54, 1.807) is 48.8 Å². The minimum absolute atomic E-state index is 0.0792. The fraction of sp³-hybridized carbons (Fsp3) is 0.150. The molecule has 0 radical (unpaired) electrons. The van der Waals surface area contributed by atoms with E-state index in [1.807, 2.05) is 23.6 Å². The number of hydrogen-bond acceptors (Lipinski definition) is 8. The quantitative estimate of drug-likeness (QED) is 0.426. The molecule has 1 aromatic carbocycles. The molecule has 0 aliphatic carbocycles. The Bertz CT molecular complexity index is 1070. The number of furan rings is 1. The van der Waals surface area contributed by atoms with Crippen LogP contribution in [0.15, 0.2) is 62.9 Å². The predicted octanol–water partition coefficient (Wildman–Crippen LogP) is 4.94. The fourth-order valence-electron chi connectivity index (χ4n) is 2.52. The van der Waals surface area contributed by atoms with E-state index in [4.69, 9.17) is 13.7 Å². The zero-order chi connectivity index (χ0) is 20.1. The van der Waals surface area contributed by atoms with Crippen molar-refractivity contribution in [1.82, 2.24) is 10.1 Å². The number of thioether (sulfide) groups is 1. The summed E-state index contributed by atoms with van der Waals surface area (Å²) in [4.78, 5) is 17.4. The van der Waals surface area contributed by atoms with E-state index >= 15 is 0 Å². The van der Waals surface area contributed by atoms with Gasteiger partial charge in [0.05, 0.1) is 23.5 Å². The second kappa shape index (κ2) is 8.97. The first kappa shape index (κ1) is 19.3. The number of thiophene rings is 1. The molecule has 7 nitrogen and oxygen atoms in total. The van der Waals surface area contributed by atoms with E-state index in [2.05, 4.69) is 15.5 Å². The van der Waals surface area contributed by atoms with E-state index in [-0.39, 0.29) is 5.91 Å². The van der Waals surface area contributed by atoms with Crippen LogP contribution in [0.5, 0.6) is 5.75 Å². The van der Waals surface area contributed by atoms with Crippen LogP contribution in [-0.4, -0.2) is 28.9 Å².